The van der Waals surface area contributed by atoms with Gasteiger partial charge in [0.2, 0.25) is 0 Å². The van der Waals surface area contributed by atoms with Crippen LogP contribution in [0.2, 0.25) is 0 Å². The lowest BCUT2D eigenvalue weighted by Crippen LogP contribution is -2.32. The van der Waals surface area contributed by atoms with E-state index in [1.807, 2.05) is 0 Å². The second-order valence-electron chi connectivity index (χ2n) is 15.5. The number of allylic oxidation sites excluding steroid dienone is 1. The Morgan fingerprint density at radius 2 is 0.948 bits per heavy atom. The Hall–Kier alpha value is -7.36. The predicted molar refractivity (Wildman–Crippen MR) is 236 cm³/mol. The largest absolute Gasteiger partial charge is 0.456 e. The topological polar surface area (TPSA) is 34.0 Å². The molecule has 4 aliphatic rings. The first-order chi connectivity index (χ1) is 28.8. The van der Waals surface area contributed by atoms with E-state index in [-0.39, 0.29) is 5.92 Å². The molecule has 1 unspecified atom stereocenters. The van der Waals surface area contributed by atoms with Crippen LogP contribution in [-0.2, 0) is 5.41 Å². The highest BCUT2D eigenvalue weighted by molar-refractivity contribution is 6.19. The Kier molecular flexibility index (Phi) is 7.27. The molecule has 2 aliphatic heterocycles. The number of rotatable bonds is 5. The zero-order chi connectivity index (χ0) is 38.2. The van der Waals surface area contributed by atoms with E-state index >= 15 is 0 Å². The van der Waals surface area contributed by atoms with Crippen LogP contribution >= 0.6 is 0 Å². The summed E-state index contributed by atoms with van der Waals surface area (Å²) in [6, 6.07) is 71.6. The summed E-state index contributed by atoms with van der Waals surface area (Å²) in [6.07, 6.45) is 0.950. The van der Waals surface area contributed by atoms with E-state index in [9.17, 15) is 0 Å². The molecule has 3 nitrogen and oxygen atoms in total. The fraction of sp³-hybridized carbons (Fsp3) is 0.0545. The molecule has 12 rings (SSSR count). The normalized spacial score (nSPS) is 16.4. The van der Waals surface area contributed by atoms with Gasteiger partial charge in [-0.15, -0.1) is 0 Å². The number of ether oxygens (including phenoxy) is 1. The molecule has 0 N–H and O–H groups in total. The number of hydrogen-bond acceptors (Lipinski definition) is 3. The maximum atomic E-state index is 7.04. The fourth-order valence-electron chi connectivity index (χ4n) is 9.81. The second-order valence-corrected chi connectivity index (χ2v) is 15.5. The molecule has 2 heterocycles. The number of fused-ring (bicyclic) bond motifs is 10. The first kappa shape index (κ1) is 32.8. The molecule has 1 fully saturated rings. The summed E-state index contributed by atoms with van der Waals surface area (Å²) in [5.74, 6) is 2.68. The van der Waals surface area contributed by atoms with Crippen molar-refractivity contribution in [3.8, 4) is 44.9 Å². The van der Waals surface area contributed by atoms with Crippen LogP contribution in [0, 0.1) is 5.92 Å². The third kappa shape index (κ3) is 4.86. The van der Waals surface area contributed by atoms with E-state index in [1.165, 1.54) is 39.0 Å². The maximum Gasteiger partial charge on any atom is 0.160 e. The van der Waals surface area contributed by atoms with Crippen molar-refractivity contribution in [3.63, 3.8) is 0 Å². The molecule has 1 spiro atoms. The highest BCUT2D eigenvalue weighted by Crippen LogP contribution is 2.63. The SMILES string of the molecule is c1ccc(C2=NC(c3cccc(-c4cccc5c4Oc4ccccc4C54c5ccccc5-c5ccccc54)c3)=NC(c3ccccc3-c3ccccc3)=C3CC23)cc1. The van der Waals surface area contributed by atoms with Gasteiger partial charge in [0, 0.05) is 33.7 Å². The fourth-order valence-corrected chi connectivity index (χ4v) is 9.81. The van der Waals surface area contributed by atoms with Gasteiger partial charge in [0.05, 0.1) is 16.8 Å². The first-order valence-corrected chi connectivity index (χ1v) is 20.1. The number of para-hydroxylation sites is 2. The Morgan fingerprint density at radius 1 is 0.414 bits per heavy atom. The van der Waals surface area contributed by atoms with Crippen LogP contribution in [0.3, 0.4) is 0 Å². The molecule has 272 valence electrons. The van der Waals surface area contributed by atoms with Gasteiger partial charge in [-0.2, -0.15) is 0 Å². The first-order valence-electron chi connectivity index (χ1n) is 20.1. The lowest BCUT2D eigenvalue weighted by atomic mass is 9.65. The van der Waals surface area contributed by atoms with Crippen molar-refractivity contribution in [2.75, 3.05) is 0 Å². The minimum absolute atomic E-state index is 0.216. The second kappa shape index (κ2) is 12.8. The van der Waals surface area contributed by atoms with Crippen molar-refractivity contribution in [2.45, 2.75) is 11.8 Å². The van der Waals surface area contributed by atoms with Gasteiger partial charge in [0.15, 0.2) is 5.84 Å². The zero-order valence-corrected chi connectivity index (χ0v) is 31.6. The van der Waals surface area contributed by atoms with Crippen LogP contribution in [0.4, 0.5) is 0 Å². The minimum atomic E-state index is -0.528. The van der Waals surface area contributed by atoms with Crippen LogP contribution < -0.4 is 4.74 Å². The monoisotopic (exact) mass is 740 g/mol. The smallest absolute Gasteiger partial charge is 0.160 e. The van der Waals surface area contributed by atoms with Gasteiger partial charge in [0.25, 0.3) is 0 Å². The molecular formula is C55H36N2O. The van der Waals surface area contributed by atoms with Crippen LogP contribution in [-0.4, -0.2) is 11.5 Å². The summed E-state index contributed by atoms with van der Waals surface area (Å²) in [6.45, 7) is 0. The lowest BCUT2D eigenvalue weighted by Gasteiger charge is -2.40. The summed E-state index contributed by atoms with van der Waals surface area (Å²) in [5, 5.41) is 0. The molecule has 8 aromatic rings. The molecular weight excluding hydrogens is 705 g/mol. The third-order valence-corrected chi connectivity index (χ3v) is 12.4. The summed E-state index contributed by atoms with van der Waals surface area (Å²) in [4.78, 5) is 11.0. The Morgan fingerprint density at radius 3 is 1.69 bits per heavy atom. The van der Waals surface area contributed by atoms with Crippen LogP contribution in [0.5, 0.6) is 11.5 Å². The Balaban J connectivity index is 1.05. The minimum Gasteiger partial charge on any atom is -0.456 e. The Labute approximate surface area is 338 Å². The summed E-state index contributed by atoms with van der Waals surface area (Å²) < 4.78 is 7.04. The number of aliphatic imine (C=N–C) groups is 2. The number of benzene rings is 8. The quantitative estimate of drug-likeness (QED) is 0.173. The number of nitrogens with zero attached hydrogens (tertiary/aromatic N) is 2. The van der Waals surface area contributed by atoms with E-state index in [2.05, 4.69) is 200 Å². The van der Waals surface area contributed by atoms with Gasteiger partial charge in [-0.1, -0.05) is 188 Å². The molecule has 0 amide bonds. The highest BCUT2D eigenvalue weighted by Gasteiger charge is 2.51. The van der Waals surface area contributed by atoms with Crippen molar-refractivity contribution < 1.29 is 4.74 Å². The lowest BCUT2D eigenvalue weighted by molar-refractivity contribution is 0.438. The van der Waals surface area contributed by atoms with Gasteiger partial charge >= 0.3 is 0 Å². The van der Waals surface area contributed by atoms with Crippen molar-refractivity contribution >= 4 is 17.2 Å². The van der Waals surface area contributed by atoms with Crippen LogP contribution in [0.15, 0.2) is 216 Å². The average Bonchev–Trinajstić information content (AvgIpc) is 4.05. The van der Waals surface area contributed by atoms with E-state index in [1.54, 1.807) is 0 Å². The molecule has 0 radical (unpaired) electrons. The molecule has 3 heteroatoms. The van der Waals surface area contributed by atoms with E-state index in [4.69, 9.17) is 14.7 Å². The van der Waals surface area contributed by atoms with E-state index in [0.717, 1.165) is 68.3 Å². The van der Waals surface area contributed by atoms with Crippen molar-refractivity contribution in [2.24, 2.45) is 15.9 Å². The third-order valence-electron chi connectivity index (χ3n) is 12.4. The summed E-state index contributed by atoms with van der Waals surface area (Å²) in [7, 11) is 0. The average molecular weight is 741 g/mol. The molecule has 8 aromatic carbocycles. The van der Waals surface area contributed by atoms with Crippen LogP contribution in [0.25, 0.3) is 39.1 Å². The van der Waals surface area contributed by atoms with Crippen LogP contribution in [0.1, 0.15) is 45.4 Å². The van der Waals surface area contributed by atoms with Gasteiger partial charge in [0.1, 0.15) is 11.5 Å². The molecule has 1 saturated carbocycles. The van der Waals surface area contributed by atoms with E-state index < -0.39 is 5.41 Å². The molecule has 1 atom stereocenters. The van der Waals surface area contributed by atoms with E-state index in [0.29, 0.717) is 5.84 Å². The standard InChI is InChI=1S/C55H36N2O/c1-3-17-35(18-4-1)39-23-7-8-26-43(39)52-45-34-44(45)51(36-19-5-2-6-20-36)56-54(57-52)38-22-15-21-37(33-38)40-27-16-31-49-53(40)58-50-32-14-13-30-48(50)55(49)46-28-11-9-24-41(46)42-25-10-12-29-47(42)55/h1-33,44H,34H2. The van der Waals surface area contributed by atoms with Crippen molar-refractivity contribution in [3.05, 3.63) is 245 Å². The van der Waals surface area contributed by atoms with Gasteiger partial charge in [-0.25, -0.2) is 9.98 Å². The summed E-state index contributed by atoms with van der Waals surface area (Å²) >= 11 is 0. The van der Waals surface area contributed by atoms with Crippen molar-refractivity contribution in [1.29, 1.82) is 0 Å². The molecule has 0 saturated heterocycles. The highest BCUT2D eigenvalue weighted by atomic mass is 16.5. The number of amidine groups is 1. The van der Waals surface area contributed by atoms with Gasteiger partial charge in [-0.05, 0) is 68.6 Å². The maximum absolute atomic E-state index is 7.04. The predicted octanol–water partition coefficient (Wildman–Crippen LogP) is 13.2. The summed E-state index contributed by atoms with van der Waals surface area (Å²) in [5.41, 5.74) is 18.0. The van der Waals surface area contributed by atoms with Gasteiger partial charge < -0.3 is 4.74 Å². The molecule has 58 heavy (non-hydrogen) atoms. The molecule has 0 bridgehead atoms. The molecule has 2 aliphatic carbocycles. The number of hydrogen-bond donors (Lipinski definition) is 0. The molecule has 0 aromatic heterocycles. The van der Waals surface area contributed by atoms with Gasteiger partial charge in [-0.3, -0.25) is 0 Å². The zero-order valence-electron chi connectivity index (χ0n) is 31.6. The Bertz CT molecular complexity index is 3020. The van der Waals surface area contributed by atoms with Crippen molar-refractivity contribution in [1.82, 2.24) is 0 Å².